The van der Waals surface area contributed by atoms with Gasteiger partial charge in [0.2, 0.25) is 0 Å². The molecule has 0 unspecified atom stereocenters. The van der Waals surface area contributed by atoms with Gasteiger partial charge in [0.15, 0.2) is 0 Å². The summed E-state index contributed by atoms with van der Waals surface area (Å²) in [6, 6.07) is 86.2. The highest BCUT2D eigenvalue weighted by molar-refractivity contribution is 6.20. The van der Waals surface area contributed by atoms with E-state index in [1.165, 1.54) is 94.2 Å². The fourth-order valence-electron chi connectivity index (χ4n) is 14.8. The van der Waals surface area contributed by atoms with Crippen LogP contribution < -0.4 is 4.90 Å². The Labute approximate surface area is 467 Å². The summed E-state index contributed by atoms with van der Waals surface area (Å²) >= 11 is 0. The molecule has 2 aromatic heterocycles. The van der Waals surface area contributed by atoms with Gasteiger partial charge in [-0.1, -0.05) is 206 Å². The highest BCUT2D eigenvalue weighted by Gasteiger charge is 2.49. The SMILES string of the molecule is CC(C)(C)c1ccc(N(c2ccc3c(c2)C(C)(C)c2cc4c(cc2-3)C(C)(C)c2ccc3oc5ccccc5c3c2-4)c2ccc3c(c2)C(c2ccccc2)(c2ccccc2)c2cc(-c4ccccc4)c4oc5ccccc5c4c2-3)cc1. The largest absolute Gasteiger partial charge is 0.456 e. The van der Waals surface area contributed by atoms with Gasteiger partial charge in [0, 0.05) is 55.0 Å². The number of furan rings is 2. The zero-order valence-electron chi connectivity index (χ0n) is 46.2. The van der Waals surface area contributed by atoms with Crippen LogP contribution in [0.15, 0.2) is 239 Å². The van der Waals surface area contributed by atoms with Crippen molar-refractivity contribution in [1.82, 2.24) is 0 Å². The maximum Gasteiger partial charge on any atom is 0.143 e. The van der Waals surface area contributed by atoms with Gasteiger partial charge in [-0.15, -0.1) is 0 Å². The van der Waals surface area contributed by atoms with Crippen molar-refractivity contribution in [2.24, 2.45) is 0 Å². The Bertz CT molecular complexity index is 4680. The zero-order valence-corrected chi connectivity index (χ0v) is 46.2. The van der Waals surface area contributed by atoms with Crippen molar-refractivity contribution in [2.45, 2.75) is 70.1 Å². The topological polar surface area (TPSA) is 29.5 Å². The summed E-state index contributed by atoms with van der Waals surface area (Å²) in [5.74, 6) is 0. The number of benzene rings is 11. The lowest BCUT2D eigenvalue weighted by atomic mass is 9.67. The Kier molecular flexibility index (Phi) is 9.63. The van der Waals surface area contributed by atoms with E-state index < -0.39 is 5.41 Å². The number of rotatable bonds is 6. The summed E-state index contributed by atoms with van der Waals surface area (Å²) in [5.41, 5.74) is 27.3. The van der Waals surface area contributed by atoms with Crippen LogP contribution in [0.3, 0.4) is 0 Å². The quantitative estimate of drug-likeness (QED) is 0.166. The maximum absolute atomic E-state index is 7.01. The molecule has 0 fully saturated rings. The summed E-state index contributed by atoms with van der Waals surface area (Å²) in [7, 11) is 0. The Morgan fingerprint density at radius 3 is 1.51 bits per heavy atom. The van der Waals surface area contributed by atoms with Gasteiger partial charge in [-0.05, 0) is 167 Å². The van der Waals surface area contributed by atoms with Crippen molar-refractivity contribution in [2.75, 3.05) is 4.90 Å². The molecule has 0 atom stereocenters. The van der Waals surface area contributed by atoms with Crippen molar-refractivity contribution in [1.29, 1.82) is 0 Å². The van der Waals surface area contributed by atoms with Gasteiger partial charge in [0.05, 0.1) is 5.41 Å². The molecule has 384 valence electrons. The number of hydrogen-bond donors (Lipinski definition) is 0. The summed E-state index contributed by atoms with van der Waals surface area (Å²) in [6.45, 7) is 16.5. The number of hydrogen-bond acceptors (Lipinski definition) is 3. The van der Waals surface area contributed by atoms with Gasteiger partial charge in [-0.2, -0.15) is 0 Å². The minimum Gasteiger partial charge on any atom is -0.456 e. The second-order valence-electron chi connectivity index (χ2n) is 24.7. The lowest BCUT2D eigenvalue weighted by molar-refractivity contribution is 0.590. The second-order valence-corrected chi connectivity index (χ2v) is 24.7. The minimum atomic E-state index is -0.705. The predicted molar refractivity (Wildman–Crippen MR) is 332 cm³/mol. The maximum atomic E-state index is 7.01. The molecular weight excluding hydrogens is 971 g/mol. The number of nitrogens with zero attached hydrogens (tertiary/aromatic N) is 1. The van der Waals surface area contributed by atoms with Crippen LogP contribution in [0.5, 0.6) is 0 Å². The van der Waals surface area contributed by atoms with Gasteiger partial charge < -0.3 is 13.7 Å². The molecule has 80 heavy (non-hydrogen) atoms. The average Bonchev–Trinajstić information content (AvgIpc) is 4.42. The van der Waals surface area contributed by atoms with Gasteiger partial charge in [0.1, 0.15) is 22.3 Å². The van der Waals surface area contributed by atoms with Crippen LogP contribution in [0, 0.1) is 0 Å². The molecule has 0 saturated heterocycles. The molecule has 0 amide bonds. The first-order chi connectivity index (χ1) is 38.8. The highest BCUT2D eigenvalue weighted by Crippen LogP contribution is 2.63. The van der Waals surface area contributed by atoms with Crippen molar-refractivity contribution < 1.29 is 8.83 Å². The first kappa shape index (κ1) is 46.9. The van der Waals surface area contributed by atoms with E-state index in [1.807, 2.05) is 0 Å². The van der Waals surface area contributed by atoms with E-state index in [1.54, 1.807) is 0 Å². The smallest absolute Gasteiger partial charge is 0.143 e. The van der Waals surface area contributed by atoms with Crippen LogP contribution in [0.1, 0.15) is 98.5 Å². The number of fused-ring (bicyclic) bond motifs is 17. The Balaban J connectivity index is 0.932. The first-order valence-electron chi connectivity index (χ1n) is 28.3. The molecule has 0 aliphatic heterocycles. The predicted octanol–water partition coefficient (Wildman–Crippen LogP) is 20.9. The molecule has 13 aromatic rings. The molecule has 0 spiro atoms. The Morgan fingerprint density at radius 1 is 0.350 bits per heavy atom. The van der Waals surface area contributed by atoms with E-state index in [2.05, 4.69) is 284 Å². The lowest BCUT2D eigenvalue weighted by Gasteiger charge is -2.35. The van der Waals surface area contributed by atoms with E-state index in [0.29, 0.717) is 0 Å². The average molecular weight is 1030 g/mol. The lowest BCUT2D eigenvalue weighted by Crippen LogP contribution is -2.29. The van der Waals surface area contributed by atoms with Crippen molar-refractivity contribution in [3.05, 3.63) is 281 Å². The van der Waals surface area contributed by atoms with Gasteiger partial charge >= 0.3 is 0 Å². The van der Waals surface area contributed by atoms with Crippen molar-refractivity contribution >= 4 is 60.9 Å². The summed E-state index contributed by atoms with van der Waals surface area (Å²) in [5, 5.41) is 4.66. The van der Waals surface area contributed by atoms with Crippen LogP contribution in [0.25, 0.3) is 88.4 Å². The van der Waals surface area contributed by atoms with E-state index in [9.17, 15) is 0 Å². The van der Waals surface area contributed by atoms with E-state index in [0.717, 1.165) is 61.3 Å². The molecule has 0 N–H and O–H groups in total. The normalized spacial score (nSPS) is 15.0. The Morgan fingerprint density at radius 2 is 0.850 bits per heavy atom. The molecule has 3 aliphatic rings. The number of para-hydroxylation sites is 2. The van der Waals surface area contributed by atoms with Crippen LogP contribution >= 0.6 is 0 Å². The molecule has 0 bridgehead atoms. The molecule has 3 aliphatic carbocycles. The zero-order chi connectivity index (χ0) is 54.0. The number of anilines is 3. The van der Waals surface area contributed by atoms with E-state index in [-0.39, 0.29) is 16.2 Å². The molecule has 3 nitrogen and oxygen atoms in total. The molecular formula is C77H59NO2. The summed E-state index contributed by atoms with van der Waals surface area (Å²) in [6.07, 6.45) is 0. The standard InChI is InChI=1S/C77H59NO2/c1-74(2,3)47-31-33-50(34-32-47)78(51-35-37-53-58-44-63-59(45-62(58)76(6,7)61(53)41-51)70-60(75(63,4)5)39-40-68-71(70)55-27-17-19-29-66(55)79-68)52-36-38-54-64(42-52)77(48-23-13-9-14-24-48,49-25-15-10-16-26-49)65-43-57(46-21-11-8-12-22-46)73-72(69(54)65)56-28-18-20-30-67(56)80-73/h8-45H,1-7H3. The third-order valence-electron chi connectivity index (χ3n) is 18.7. The molecule has 0 saturated carbocycles. The van der Waals surface area contributed by atoms with E-state index in [4.69, 9.17) is 8.83 Å². The van der Waals surface area contributed by atoms with Gasteiger partial charge in [-0.3, -0.25) is 0 Å². The van der Waals surface area contributed by atoms with Crippen LogP contribution in [0.4, 0.5) is 17.1 Å². The van der Waals surface area contributed by atoms with E-state index >= 15 is 0 Å². The Hall–Kier alpha value is -9.18. The monoisotopic (exact) mass is 1030 g/mol. The van der Waals surface area contributed by atoms with Gasteiger partial charge in [0.25, 0.3) is 0 Å². The van der Waals surface area contributed by atoms with Crippen molar-refractivity contribution in [3.63, 3.8) is 0 Å². The molecule has 3 heteroatoms. The summed E-state index contributed by atoms with van der Waals surface area (Å²) < 4.78 is 13.5. The second kappa shape index (κ2) is 16.4. The fraction of sp³-hybridized carbons (Fsp3) is 0.143. The van der Waals surface area contributed by atoms with Crippen molar-refractivity contribution in [3.8, 4) is 44.5 Å². The van der Waals surface area contributed by atoms with Crippen LogP contribution in [-0.4, -0.2) is 0 Å². The molecule has 2 heterocycles. The molecule has 11 aromatic carbocycles. The fourth-order valence-corrected chi connectivity index (χ4v) is 14.8. The highest BCUT2D eigenvalue weighted by atomic mass is 16.3. The first-order valence-corrected chi connectivity index (χ1v) is 28.3. The third kappa shape index (κ3) is 6.32. The van der Waals surface area contributed by atoms with Gasteiger partial charge in [-0.25, -0.2) is 0 Å². The minimum absolute atomic E-state index is 0.00983. The molecule has 0 radical (unpaired) electrons. The third-order valence-corrected chi connectivity index (χ3v) is 18.7. The van der Waals surface area contributed by atoms with Crippen LogP contribution in [-0.2, 0) is 21.7 Å². The summed E-state index contributed by atoms with van der Waals surface area (Å²) in [4.78, 5) is 2.51. The molecule has 16 rings (SSSR count). The van der Waals surface area contributed by atoms with Crippen LogP contribution in [0.2, 0.25) is 0 Å².